The molecule has 0 radical (unpaired) electrons. The molecule has 0 saturated carbocycles. The van der Waals surface area contributed by atoms with E-state index in [9.17, 15) is 9.90 Å². The van der Waals surface area contributed by atoms with E-state index in [1.54, 1.807) is 0 Å². The Hall–Kier alpha value is -1.35. The van der Waals surface area contributed by atoms with Crippen molar-refractivity contribution in [3.63, 3.8) is 0 Å². The van der Waals surface area contributed by atoms with Gasteiger partial charge in [-0.3, -0.25) is 4.79 Å². The smallest absolute Gasteiger partial charge is 0.254 e. The van der Waals surface area contributed by atoms with Gasteiger partial charge in [0.1, 0.15) is 0 Å². The molecule has 21 heavy (non-hydrogen) atoms. The lowest BCUT2D eigenvalue weighted by Crippen LogP contribution is -2.41. The molecule has 2 rings (SSSR count). The van der Waals surface area contributed by atoms with Gasteiger partial charge in [-0.2, -0.15) is 0 Å². The lowest BCUT2D eigenvalue weighted by molar-refractivity contribution is 0.0619. The number of rotatable bonds is 2. The number of carbonyl (C=O) groups is 1. The van der Waals surface area contributed by atoms with Crippen molar-refractivity contribution in [3.05, 3.63) is 33.4 Å². The van der Waals surface area contributed by atoms with Crippen LogP contribution in [0.4, 0.5) is 0 Å². The number of amides is 1. The second-order valence-electron chi connectivity index (χ2n) is 6.44. The molecule has 3 nitrogen and oxygen atoms in total. The molecule has 1 fully saturated rings. The molecule has 1 atom stereocenters. The van der Waals surface area contributed by atoms with Crippen molar-refractivity contribution in [3.8, 4) is 0 Å². The van der Waals surface area contributed by atoms with Crippen molar-refractivity contribution < 1.29 is 9.90 Å². The van der Waals surface area contributed by atoms with Crippen LogP contribution in [0.1, 0.15) is 51.0 Å². The van der Waals surface area contributed by atoms with Gasteiger partial charge < -0.3 is 10.0 Å². The highest BCUT2D eigenvalue weighted by Crippen LogP contribution is 2.28. The van der Waals surface area contributed by atoms with Gasteiger partial charge in [-0.1, -0.05) is 0 Å². The summed E-state index contributed by atoms with van der Waals surface area (Å²) in [7, 11) is 0. The van der Waals surface area contributed by atoms with Crippen molar-refractivity contribution in [2.75, 3.05) is 19.7 Å². The Morgan fingerprint density at radius 2 is 1.57 bits per heavy atom. The van der Waals surface area contributed by atoms with Gasteiger partial charge in [0.05, 0.1) is 0 Å². The van der Waals surface area contributed by atoms with E-state index >= 15 is 0 Å². The monoisotopic (exact) mass is 289 g/mol. The summed E-state index contributed by atoms with van der Waals surface area (Å²) in [6, 6.07) is 0. The van der Waals surface area contributed by atoms with Gasteiger partial charge in [-0.15, -0.1) is 0 Å². The molecular weight excluding hydrogens is 262 g/mol. The number of benzene rings is 1. The van der Waals surface area contributed by atoms with Crippen LogP contribution in [0, 0.1) is 40.5 Å². The van der Waals surface area contributed by atoms with E-state index in [1.165, 1.54) is 16.7 Å². The minimum atomic E-state index is 0.134. The zero-order valence-electron chi connectivity index (χ0n) is 13.9. The highest BCUT2D eigenvalue weighted by atomic mass is 16.3. The third-order valence-corrected chi connectivity index (χ3v) is 5.28. The molecule has 1 aromatic carbocycles. The van der Waals surface area contributed by atoms with E-state index in [0.29, 0.717) is 6.54 Å². The van der Waals surface area contributed by atoms with Gasteiger partial charge in [0, 0.05) is 25.3 Å². The van der Waals surface area contributed by atoms with Gasteiger partial charge in [0.2, 0.25) is 0 Å². The number of nitrogens with zero attached hydrogens (tertiary/aromatic N) is 1. The first kappa shape index (κ1) is 16.0. The summed E-state index contributed by atoms with van der Waals surface area (Å²) < 4.78 is 0. The van der Waals surface area contributed by atoms with Crippen LogP contribution in [-0.4, -0.2) is 35.6 Å². The molecule has 0 aromatic heterocycles. The van der Waals surface area contributed by atoms with Crippen molar-refractivity contribution >= 4 is 5.91 Å². The topological polar surface area (TPSA) is 40.5 Å². The number of hydrogen-bond acceptors (Lipinski definition) is 2. The third kappa shape index (κ3) is 2.84. The van der Waals surface area contributed by atoms with Crippen LogP contribution in [0.5, 0.6) is 0 Å². The van der Waals surface area contributed by atoms with E-state index in [0.717, 1.165) is 36.1 Å². The minimum absolute atomic E-state index is 0.134. The first-order valence-corrected chi connectivity index (χ1v) is 7.85. The number of aliphatic hydroxyl groups is 1. The Kier molecular flexibility index (Phi) is 4.72. The average molecular weight is 289 g/mol. The van der Waals surface area contributed by atoms with Crippen LogP contribution in [0.3, 0.4) is 0 Å². The average Bonchev–Trinajstić information content (AvgIpc) is 2.51. The maximum Gasteiger partial charge on any atom is 0.254 e. The van der Waals surface area contributed by atoms with E-state index < -0.39 is 0 Å². The molecule has 1 aromatic rings. The van der Waals surface area contributed by atoms with Crippen LogP contribution in [0.15, 0.2) is 0 Å². The summed E-state index contributed by atoms with van der Waals surface area (Å²) in [4.78, 5) is 14.9. The van der Waals surface area contributed by atoms with Crippen LogP contribution in [-0.2, 0) is 0 Å². The van der Waals surface area contributed by atoms with Crippen LogP contribution in [0.2, 0.25) is 0 Å². The van der Waals surface area contributed by atoms with Gasteiger partial charge in [0.25, 0.3) is 5.91 Å². The molecular formula is C18H27NO2. The summed E-state index contributed by atoms with van der Waals surface area (Å²) in [5.41, 5.74) is 6.80. The van der Waals surface area contributed by atoms with E-state index in [-0.39, 0.29) is 18.4 Å². The van der Waals surface area contributed by atoms with Gasteiger partial charge in [0.15, 0.2) is 0 Å². The van der Waals surface area contributed by atoms with Crippen molar-refractivity contribution in [1.29, 1.82) is 0 Å². The molecule has 1 N–H and O–H groups in total. The van der Waals surface area contributed by atoms with E-state index in [2.05, 4.69) is 34.6 Å². The zero-order valence-corrected chi connectivity index (χ0v) is 13.9. The molecule has 1 aliphatic heterocycles. The molecule has 1 heterocycles. The predicted octanol–water partition coefficient (Wildman–Crippen LogP) is 3.07. The maximum absolute atomic E-state index is 13.0. The van der Waals surface area contributed by atoms with Gasteiger partial charge in [-0.05, 0) is 81.2 Å². The summed E-state index contributed by atoms with van der Waals surface area (Å²) >= 11 is 0. The maximum atomic E-state index is 13.0. The molecule has 1 saturated heterocycles. The van der Waals surface area contributed by atoms with Gasteiger partial charge in [-0.25, -0.2) is 0 Å². The summed E-state index contributed by atoms with van der Waals surface area (Å²) in [5, 5.41) is 9.36. The molecule has 0 bridgehead atoms. The Bertz CT molecular complexity index is 534. The first-order valence-electron chi connectivity index (χ1n) is 7.85. The van der Waals surface area contributed by atoms with Crippen molar-refractivity contribution in [2.45, 2.75) is 47.5 Å². The summed E-state index contributed by atoms with van der Waals surface area (Å²) in [6.45, 7) is 12.1. The second-order valence-corrected chi connectivity index (χ2v) is 6.44. The Morgan fingerprint density at radius 1 is 1.05 bits per heavy atom. The molecule has 1 amide bonds. The highest BCUT2D eigenvalue weighted by molar-refractivity contribution is 5.98. The number of likely N-dealkylation sites (tertiary alicyclic amines) is 1. The quantitative estimate of drug-likeness (QED) is 0.909. The lowest BCUT2D eigenvalue weighted by atomic mass is 9.88. The van der Waals surface area contributed by atoms with Gasteiger partial charge >= 0.3 is 0 Å². The minimum Gasteiger partial charge on any atom is -0.396 e. The predicted molar refractivity (Wildman–Crippen MR) is 85.8 cm³/mol. The highest BCUT2D eigenvalue weighted by Gasteiger charge is 2.27. The van der Waals surface area contributed by atoms with E-state index in [4.69, 9.17) is 0 Å². The molecule has 116 valence electrons. The number of carbonyl (C=O) groups excluding carboxylic acids is 1. The molecule has 1 aliphatic rings. The molecule has 0 spiro atoms. The number of hydrogen-bond donors (Lipinski definition) is 1. The first-order chi connectivity index (χ1) is 9.88. The van der Waals surface area contributed by atoms with Crippen molar-refractivity contribution in [2.24, 2.45) is 5.92 Å². The number of aliphatic hydroxyl groups excluding tert-OH is 1. The van der Waals surface area contributed by atoms with Crippen LogP contribution >= 0.6 is 0 Å². The summed E-state index contributed by atoms with van der Waals surface area (Å²) in [5.74, 6) is 0.366. The van der Waals surface area contributed by atoms with Crippen LogP contribution in [0.25, 0.3) is 0 Å². The SMILES string of the molecule is Cc1c(C)c(C)c(C(=O)N2CCCC(CO)C2)c(C)c1C. The summed E-state index contributed by atoms with van der Waals surface area (Å²) in [6.07, 6.45) is 2.00. The Morgan fingerprint density at radius 3 is 2.10 bits per heavy atom. The fraction of sp³-hybridized carbons (Fsp3) is 0.611. The lowest BCUT2D eigenvalue weighted by Gasteiger charge is -2.33. The number of piperidine rings is 1. The largest absolute Gasteiger partial charge is 0.396 e. The zero-order chi connectivity index (χ0) is 15.7. The fourth-order valence-corrected chi connectivity index (χ4v) is 3.38. The fourth-order valence-electron chi connectivity index (χ4n) is 3.38. The second kappa shape index (κ2) is 6.18. The van der Waals surface area contributed by atoms with Crippen molar-refractivity contribution in [1.82, 2.24) is 4.90 Å². The normalized spacial score (nSPS) is 19.0. The van der Waals surface area contributed by atoms with Crippen LogP contribution < -0.4 is 0 Å². The standard InChI is InChI=1S/C18H27NO2/c1-11-12(2)14(4)17(15(5)13(11)3)18(21)19-8-6-7-16(9-19)10-20/h16,20H,6-10H2,1-5H3. The molecule has 1 unspecified atom stereocenters. The molecule has 0 aliphatic carbocycles. The molecule has 3 heteroatoms. The Balaban J connectivity index is 2.40. The third-order valence-electron chi connectivity index (χ3n) is 5.28. The van der Waals surface area contributed by atoms with E-state index in [1.807, 2.05) is 4.90 Å². The Labute approximate surface area is 128 Å².